The number of carbonyl (C=O) groups is 1. The molecule has 1 aromatic heterocycles. The first-order chi connectivity index (χ1) is 11.1. The van der Waals surface area contributed by atoms with Crippen LogP contribution in [-0.2, 0) is 16.1 Å². The standard InChI is InChI=1S/C17H22N2O2S2/c1-12-18-14(8-22-12)7-21-15-6-17(23-9-15)10-19(11-17)16(20)13-4-2-3-5-13/h4,8,15H,2-3,5-7,9-11H2,1H3/t15-/m0/s1. The van der Waals surface area contributed by atoms with E-state index in [0.717, 1.165) is 60.8 Å². The zero-order chi connectivity index (χ0) is 15.9. The Labute approximate surface area is 145 Å². The van der Waals surface area contributed by atoms with Crippen LogP contribution in [0, 0.1) is 6.92 Å². The monoisotopic (exact) mass is 350 g/mol. The van der Waals surface area contributed by atoms with Gasteiger partial charge in [0.25, 0.3) is 0 Å². The van der Waals surface area contributed by atoms with Crippen LogP contribution in [-0.4, -0.2) is 45.5 Å². The molecule has 1 aliphatic carbocycles. The topological polar surface area (TPSA) is 42.4 Å². The molecule has 1 aromatic rings. The number of likely N-dealkylation sites (tertiary alicyclic amines) is 1. The molecule has 1 spiro atoms. The highest BCUT2D eigenvalue weighted by molar-refractivity contribution is 8.01. The van der Waals surface area contributed by atoms with Crippen molar-refractivity contribution < 1.29 is 9.53 Å². The van der Waals surface area contributed by atoms with Gasteiger partial charge in [0, 0.05) is 29.8 Å². The van der Waals surface area contributed by atoms with Gasteiger partial charge >= 0.3 is 0 Å². The molecule has 0 radical (unpaired) electrons. The minimum absolute atomic E-state index is 0.248. The maximum atomic E-state index is 12.4. The average molecular weight is 351 g/mol. The molecule has 2 fully saturated rings. The Bertz CT molecular complexity index is 634. The molecule has 23 heavy (non-hydrogen) atoms. The fourth-order valence-corrected chi connectivity index (χ4v) is 5.82. The molecular weight excluding hydrogens is 328 g/mol. The molecule has 3 aliphatic rings. The lowest BCUT2D eigenvalue weighted by atomic mass is 9.92. The van der Waals surface area contributed by atoms with E-state index in [-0.39, 0.29) is 10.7 Å². The number of thiazole rings is 1. The Kier molecular flexibility index (Phi) is 4.24. The number of nitrogens with zero attached hydrogens (tertiary/aromatic N) is 2. The molecule has 0 bridgehead atoms. The van der Waals surface area contributed by atoms with Crippen LogP contribution >= 0.6 is 23.1 Å². The summed E-state index contributed by atoms with van der Waals surface area (Å²) < 4.78 is 6.29. The van der Waals surface area contributed by atoms with Crippen molar-refractivity contribution in [3.8, 4) is 0 Å². The molecular formula is C17H22N2O2S2. The van der Waals surface area contributed by atoms with Gasteiger partial charge in [0.05, 0.1) is 28.2 Å². The number of hydrogen-bond acceptors (Lipinski definition) is 5. The number of thioether (sulfide) groups is 1. The van der Waals surface area contributed by atoms with Gasteiger partial charge in [-0.05, 0) is 32.6 Å². The summed E-state index contributed by atoms with van der Waals surface area (Å²) in [5.41, 5.74) is 2.08. The maximum Gasteiger partial charge on any atom is 0.249 e. The van der Waals surface area contributed by atoms with Crippen molar-refractivity contribution in [2.75, 3.05) is 18.8 Å². The van der Waals surface area contributed by atoms with Gasteiger partial charge < -0.3 is 9.64 Å². The molecule has 4 rings (SSSR count). The van der Waals surface area contributed by atoms with Gasteiger partial charge in [0.1, 0.15) is 0 Å². The summed E-state index contributed by atoms with van der Waals surface area (Å²) in [6.45, 7) is 4.42. The number of amides is 1. The number of hydrogen-bond donors (Lipinski definition) is 0. The zero-order valence-electron chi connectivity index (χ0n) is 13.4. The first-order valence-electron chi connectivity index (χ1n) is 8.28. The van der Waals surface area contributed by atoms with Gasteiger partial charge in [0.2, 0.25) is 5.91 Å². The molecule has 124 valence electrons. The summed E-state index contributed by atoms with van der Waals surface area (Å²) in [7, 11) is 0. The van der Waals surface area contributed by atoms with Crippen molar-refractivity contribution in [3.63, 3.8) is 0 Å². The fraction of sp³-hybridized carbons (Fsp3) is 0.647. The lowest BCUT2D eigenvalue weighted by molar-refractivity contribution is -0.132. The summed E-state index contributed by atoms with van der Waals surface area (Å²) >= 11 is 3.66. The quantitative estimate of drug-likeness (QED) is 0.836. The van der Waals surface area contributed by atoms with Crippen molar-refractivity contribution in [3.05, 3.63) is 27.7 Å². The third kappa shape index (κ3) is 3.21. The Morgan fingerprint density at radius 2 is 2.39 bits per heavy atom. The van der Waals surface area contributed by atoms with Crippen molar-refractivity contribution in [1.82, 2.24) is 9.88 Å². The summed E-state index contributed by atoms with van der Waals surface area (Å²) in [4.78, 5) is 18.8. The van der Waals surface area contributed by atoms with E-state index in [1.165, 1.54) is 0 Å². The van der Waals surface area contributed by atoms with E-state index in [2.05, 4.69) is 16.4 Å². The van der Waals surface area contributed by atoms with Crippen molar-refractivity contribution in [1.29, 1.82) is 0 Å². The van der Waals surface area contributed by atoms with E-state index in [9.17, 15) is 4.79 Å². The number of allylic oxidation sites excluding steroid dienone is 1. The molecule has 0 aromatic carbocycles. The molecule has 2 aliphatic heterocycles. The Balaban J connectivity index is 1.25. The van der Waals surface area contributed by atoms with Crippen molar-refractivity contribution in [2.24, 2.45) is 0 Å². The molecule has 3 heterocycles. The van der Waals surface area contributed by atoms with Gasteiger partial charge in [-0.2, -0.15) is 0 Å². The summed E-state index contributed by atoms with van der Waals surface area (Å²) in [6.07, 6.45) is 6.65. The van der Waals surface area contributed by atoms with Crippen LogP contribution in [0.1, 0.15) is 36.4 Å². The summed E-state index contributed by atoms with van der Waals surface area (Å²) in [5, 5.41) is 3.17. The zero-order valence-corrected chi connectivity index (χ0v) is 15.0. The number of rotatable bonds is 4. The highest BCUT2D eigenvalue weighted by atomic mass is 32.2. The Morgan fingerprint density at radius 3 is 3.09 bits per heavy atom. The molecule has 0 saturated carbocycles. The van der Waals surface area contributed by atoms with E-state index in [4.69, 9.17) is 4.74 Å². The van der Waals surface area contributed by atoms with Gasteiger partial charge in [-0.25, -0.2) is 4.98 Å². The smallest absolute Gasteiger partial charge is 0.249 e. The fourth-order valence-electron chi connectivity index (χ4n) is 3.67. The van der Waals surface area contributed by atoms with Crippen LogP contribution in [0.3, 0.4) is 0 Å². The number of ether oxygens (including phenoxy) is 1. The Morgan fingerprint density at radius 1 is 1.52 bits per heavy atom. The highest BCUT2D eigenvalue weighted by Gasteiger charge is 2.51. The van der Waals surface area contributed by atoms with Crippen LogP contribution in [0.2, 0.25) is 0 Å². The van der Waals surface area contributed by atoms with Gasteiger partial charge in [0.15, 0.2) is 0 Å². The molecule has 6 heteroatoms. The third-order valence-electron chi connectivity index (χ3n) is 4.87. The average Bonchev–Trinajstić information content (AvgIpc) is 3.23. The lowest BCUT2D eigenvalue weighted by Crippen LogP contribution is -2.61. The van der Waals surface area contributed by atoms with Crippen LogP contribution in [0.4, 0.5) is 0 Å². The molecule has 1 amide bonds. The predicted octanol–water partition coefficient (Wildman–Crippen LogP) is 3.16. The van der Waals surface area contributed by atoms with E-state index in [0.29, 0.717) is 12.7 Å². The van der Waals surface area contributed by atoms with Crippen LogP contribution in [0.15, 0.2) is 17.0 Å². The van der Waals surface area contributed by atoms with Crippen molar-refractivity contribution >= 4 is 29.0 Å². The second-order valence-corrected chi connectivity index (χ2v) is 9.32. The van der Waals surface area contributed by atoms with Crippen LogP contribution < -0.4 is 0 Å². The lowest BCUT2D eigenvalue weighted by Gasteiger charge is -2.47. The van der Waals surface area contributed by atoms with Gasteiger partial charge in [-0.1, -0.05) is 6.08 Å². The molecule has 0 unspecified atom stereocenters. The second kappa shape index (κ2) is 6.22. The van der Waals surface area contributed by atoms with Gasteiger partial charge in [-0.3, -0.25) is 4.79 Å². The minimum atomic E-state index is 0.248. The largest absolute Gasteiger partial charge is 0.371 e. The van der Waals surface area contributed by atoms with Crippen LogP contribution in [0.25, 0.3) is 0 Å². The molecule has 4 nitrogen and oxygen atoms in total. The number of aromatic nitrogens is 1. The maximum absolute atomic E-state index is 12.4. The van der Waals surface area contributed by atoms with Crippen LogP contribution in [0.5, 0.6) is 0 Å². The first-order valence-corrected chi connectivity index (χ1v) is 10.1. The minimum Gasteiger partial charge on any atom is -0.371 e. The second-order valence-electron chi connectivity index (χ2n) is 6.77. The molecule has 0 N–H and O–H groups in total. The molecule has 1 atom stereocenters. The summed E-state index contributed by atoms with van der Waals surface area (Å²) in [6, 6.07) is 0. The third-order valence-corrected chi connectivity index (χ3v) is 7.27. The molecule has 2 saturated heterocycles. The summed E-state index contributed by atoms with van der Waals surface area (Å²) in [5.74, 6) is 1.31. The number of aryl methyl sites for hydroxylation is 1. The number of carbonyl (C=O) groups excluding carboxylic acids is 1. The van der Waals surface area contributed by atoms with E-state index >= 15 is 0 Å². The predicted molar refractivity (Wildman–Crippen MR) is 93.7 cm³/mol. The van der Waals surface area contributed by atoms with E-state index in [1.54, 1.807) is 11.3 Å². The highest BCUT2D eigenvalue weighted by Crippen LogP contribution is 2.46. The van der Waals surface area contributed by atoms with Gasteiger partial charge in [-0.15, -0.1) is 23.1 Å². The normalized spacial score (nSPS) is 25.7. The SMILES string of the molecule is Cc1nc(CO[C@@H]2CSC3(C2)CN(C(=O)C2=CCCC2)C3)cs1. The Hall–Kier alpha value is -0.850. The van der Waals surface area contributed by atoms with E-state index in [1.807, 2.05) is 23.6 Å². The van der Waals surface area contributed by atoms with E-state index < -0.39 is 0 Å². The van der Waals surface area contributed by atoms with Crippen molar-refractivity contribution in [2.45, 2.75) is 50.1 Å². The first kappa shape index (κ1) is 15.7.